The molecule has 0 fully saturated rings. The van der Waals surface area contributed by atoms with Crippen molar-refractivity contribution in [3.63, 3.8) is 0 Å². The molecular weight excluding hydrogens is 260 g/mol. The quantitative estimate of drug-likeness (QED) is 0.547. The van der Waals surface area contributed by atoms with Gasteiger partial charge in [-0.1, -0.05) is 58.4 Å². The first-order valence-electron chi connectivity index (χ1n) is 9.16. The van der Waals surface area contributed by atoms with Gasteiger partial charge in [-0.15, -0.1) is 0 Å². The highest BCUT2D eigenvalue weighted by Crippen LogP contribution is 2.15. The molecule has 0 saturated carbocycles. The van der Waals surface area contributed by atoms with Gasteiger partial charge < -0.3 is 4.90 Å². The van der Waals surface area contributed by atoms with Crippen LogP contribution in [0, 0.1) is 0 Å². The third-order valence-electron chi connectivity index (χ3n) is 4.40. The van der Waals surface area contributed by atoms with Crippen LogP contribution in [0.5, 0.6) is 0 Å². The fraction of sp³-hybridized carbons (Fsp3) is 0.889. The Morgan fingerprint density at radius 2 is 1.57 bits per heavy atom. The molecule has 0 unspecified atom stereocenters. The number of nitrogens with zero attached hydrogens (tertiary/aromatic N) is 1. The Morgan fingerprint density at radius 3 is 2.24 bits per heavy atom. The van der Waals surface area contributed by atoms with E-state index in [2.05, 4.69) is 30.3 Å². The average Bonchev–Trinajstić information content (AvgIpc) is 2.49. The van der Waals surface area contributed by atoms with Crippen LogP contribution >= 0.6 is 0 Å². The zero-order valence-electron chi connectivity index (χ0n) is 14.3. The van der Waals surface area contributed by atoms with E-state index in [0.717, 1.165) is 32.7 Å². The number of hydrogen-bond donors (Lipinski definition) is 1. The number of nitrogens with one attached hydrogen (secondary N) is 1. The largest absolute Gasteiger partial charge is 0.301 e. The smallest absolute Gasteiger partial charge is 0.0872 e. The van der Waals surface area contributed by atoms with Crippen molar-refractivity contribution in [1.82, 2.24) is 10.4 Å². The van der Waals surface area contributed by atoms with Crippen molar-refractivity contribution in [1.29, 1.82) is 0 Å². The molecule has 1 rings (SSSR count). The van der Waals surface area contributed by atoms with E-state index in [1.807, 2.05) is 0 Å². The Kier molecular flexibility index (Phi) is 11.6. The molecule has 0 amide bonds. The van der Waals surface area contributed by atoms with Gasteiger partial charge in [-0.05, 0) is 38.8 Å². The van der Waals surface area contributed by atoms with Crippen molar-refractivity contribution in [2.45, 2.75) is 78.1 Å². The Bertz CT molecular complexity index is 262. The van der Waals surface area contributed by atoms with Crippen LogP contribution in [-0.4, -0.2) is 31.1 Å². The zero-order chi connectivity index (χ0) is 15.2. The number of likely N-dealkylation sites (N-methyl/N-ethyl adjacent to an activating group) is 1. The molecule has 21 heavy (non-hydrogen) atoms. The predicted molar refractivity (Wildman–Crippen MR) is 91.1 cm³/mol. The summed E-state index contributed by atoms with van der Waals surface area (Å²) in [5.74, 6) is 0. The number of rotatable bonds is 7. The van der Waals surface area contributed by atoms with Crippen molar-refractivity contribution >= 4 is 0 Å². The van der Waals surface area contributed by atoms with E-state index in [4.69, 9.17) is 4.84 Å². The molecule has 3 nitrogen and oxygen atoms in total. The van der Waals surface area contributed by atoms with E-state index < -0.39 is 0 Å². The summed E-state index contributed by atoms with van der Waals surface area (Å²) in [6.07, 6.45) is 15.7. The molecule has 1 aliphatic rings. The molecule has 0 radical (unpaired) electrons. The van der Waals surface area contributed by atoms with Crippen molar-refractivity contribution in [2.75, 3.05) is 26.2 Å². The van der Waals surface area contributed by atoms with Gasteiger partial charge in [0, 0.05) is 12.2 Å². The predicted octanol–water partition coefficient (Wildman–Crippen LogP) is 4.65. The molecule has 0 aromatic carbocycles. The lowest BCUT2D eigenvalue weighted by atomic mass is 10.0. The summed E-state index contributed by atoms with van der Waals surface area (Å²) in [6.45, 7) is 8.37. The molecule has 0 aliphatic heterocycles. The molecule has 1 N–H and O–H groups in total. The molecular formula is C18H36N2O. The molecule has 124 valence electrons. The Labute approximate surface area is 132 Å². The lowest BCUT2D eigenvalue weighted by Crippen LogP contribution is -2.29. The fourth-order valence-corrected chi connectivity index (χ4v) is 2.85. The monoisotopic (exact) mass is 296 g/mol. The lowest BCUT2D eigenvalue weighted by Gasteiger charge is -2.18. The molecule has 0 saturated heterocycles. The first-order chi connectivity index (χ1) is 10.4. The van der Waals surface area contributed by atoms with Gasteiger partial charge in [0.15, 0.2) is 0 Å². The van der Waals surface area contributed by atoms with Crippen LogP contribution < -0.4 is 5.48 Å². The van der Waals surface area contributed by atoms with Gasteiger partial charge in [0.25, 0.3) is 0 Å². The van der Waals surface area contributed by atoms with Gasteiger partial charge in [-0.2, -0.15) is 0 Å². The van der Waals surface area contributed by atoms with Crippen molar-refractivity contribution in [3.8, 4) is 0 Å². The van der Waals surface area contributed by atoms with Crippen LogP contribution in [0.1, 0.15) is 78.1 Å². The van der Waals surface area contributed by atoms with Crippen LogP contribution in [0.2, 0.25) is 0 Å². The maximum Gasteiger partial charge on any atom is 0.0872 e. The first kappa shape index (κ1) is 18.5. The third kappa shape index (κ3) is 9.92. The maximum atomic E-state index is 5.67. The molecule has 0 aromatic rings. The molecule has 0 aromatic heterocycles. The lowest BCUT2D eigenvalue weighted by molar-refractivity contribution is 0.0440. The minimum absolute atomic E-state index is 0.763. The Balaban J connectivity index is 2.24. The molecule has 3 heteroatoms. The van der Waals surface area contributed by atoms with E-state index in [0.29, 0.717) is 0 Å². The van der Waals surface area contributed by atoms with Gasteiger partial charge in [0.1, 0.15) is 0 Å². The highest BCUT2D eigenvalue weighted by atomic mass is 16.6. The third-order valence-corrected chi connectivity index (χ3v) is 4.40. The van der Waals surface area contributed by atoms with E-state index in [-0.39, 0.29) is 0 Å². The highest BCUT2D eigenvalue weighted by molar-refractivity contribution is 4.97. The molecule has 0 atom stereocenters. The second-order valence-corrected chi connectivity index (χ2v) is 6.07. The van der Waals surface area contributed by atoms with Gasteiger partial charge in [-0.25, -0.2) is 0 Å². The number of hydrogen-bond acceptors (Lipinski definition) is 3. The topological polar surface area (TPSA) is 24.5 Å². The summed E-state index contributed by atoms with van der Waals surface area (Å²) in [5, 5.41) is 0. The normalized spacial score (nSPS) is 18.7. The van der Waals surface area contributed by atoms with Gasteiger partial charge in [0.2, 0.25) is 0 Å². The SMILES string of the molecule is CCN(CC)CCONC1=CCCCCCCCCCC1. The first-order valence-corrected chi connectivity index (χ1v) is 9.16. The highest BCUT2D eigenvalue weighted by Gasteiger charge is 2.02. The maximum absolute atomic E-state index is 5.67. The van der Waals surface area contributed by atoms with Crippen LogP contribution in [0.4, 0.5) is 0 Å². The summed E-state index contributed by atoms with van der Waals surface area (Å²) in [7, 11) is 0. The van der Waals surface area contributed by atoms with Crippen LogP contribution in [0.15, 0.2) is 11.8 Å². The van der Waals surface area contributed by atoms with Crippen LogP contribution in [0.25, 0.3) is 0 Å². The van der Waals surface area contributed by atoms with E-state index in [9.17, 15) is 0 Å². The van der Waals surface area contributed by atoms with Gasteiger partial charge in [-0.3, -0.25) is 10.3 Å². The van der Waals surface area contributed by atoms with E-state index >= 15 is 0 Å². The minimum Gasteiger partial charge on any atom is -0.301 e. The van der Waals surface area contributed by atoms with Crippen LogP contribution in [0.3, 0.4) is 0 Å². The summed E-state index contributed by atoms with van der Waals surface area (Å²) in [4.78, 5) is 8.06. The summed E-state index contributed by atoms with van der Waals surface area (Å²) in [6, 6.07) is 0. The second-order valence-electron chi connectivity index (χ2n) is 6.07. The number of allylic oxidation sites excluding steroid dienone is 2. The zero-order valence-corrected chi connectivity index (χ0v) is 14.3. The molecule has 0 heterocycles. The second kappa shape index (κ2) is 13.1. The molecule has 0 spiro atoms. The number of hydroxylamine groups is 1. The Hall–Kier alpha value is -0.540. The van der Waals surface area contributed by atoms with Crippen molar-refractivity contribution in [3.05, 3.63) is 11.8 Å². The minimum atomic E-state index is 0.763. The van der Waals surface area contributed by atoms with Gasteiger partial charge >= 0.3 is 0 Å². The molecule has 1 aliphatic carbocycles. The fourth-order valence-electron chi connectivity index (χ4n) is 2.85. The van der Waals surface area contributed by atoms with Crippen molar-refractivity contribution in [2.24, 2.45) is 0 Å². The van der Waals surface area contributed by atoms with E-state index in [1.54, 1.807) is 0 Å². The summed E-state index contributed by atoms with van der Waals surface area (Å²) >= 11 is 0. The van der Waals surface area contributed by atoms with E-state index in [1.165, 1.54) is 63.5 Å². The standard InChI is InChI=1S/C18H36N2O/c1-3-20(4-2)16-17-21-19-18-14-12-10-8-6-5-7-9-11-13-15-18/h14,19H,3-13,15-17H2,1-2H3. The van der Waals surface area contributed by atoms with Gasteiger partial charge in [0.05, 0.1) is 6.61 Å². The summed E-state index contributed by atoms with van der Waals surface area (Å²) in [5.41, 5.74) is 4.51. The molecule has 0 bridgehead atoms. The van der Waals surface area contributed by atoms with Crippen LogP contribution in [-0.2, 0) is 4.84 Å². The average molecular weight is 296 g/mol. The van der Waals surface area contributed by atoms with Crippen molar-refractivity contribution < 1.29 is 4.84 Å². The Morgan fingerprint density at radius 1 is 0.952 bits per heavy atom. The summed E-state index contributed by atoms with van der Waals surface area (Å²) < 4.78 is 0.